The summed E-state index contributed by atoms with van der Waals surface area (Å²) < 4.78 is 0. The molecule has 2 aliphatic heterocycles. The van der Waals surface area contributed by atoms with Crippen molar-refractivity contribution in [3.8, 4) is 0 Å². The highest BCUT2D eigenvalue weighted by atomic mass is 32.2. The second-order valence-corrected chi connectivity index (χ2v) is 17.8. The first-order chi connectivity index (χ1) is 28.2. The first kappa shape index (κ1) is 33.4. The van der Waals surface area contributed by atoms with E-state index in [2.05, 4.69) is 174 Å². The quantitative estimate of drug-likeness (QED) is 0.165. The molecule has 0 aromatic heterocycles. The number of anilines is 5. The van der Waals surface area contributed by atoms with Crippen LogP contribution in [0.25, 0.3) is 33.2 Å². The van der Waals surface area contributed by atoms with Crippen LogP contribution in [0, 0.1) is 5.92 Å². The van der Waals surface area contributed by atoms with Gasteiger partial charge in [-0.15, -0.1) is 0 Å². The molecule has 5 aliphatic rings. The summed E-state index contributed by atoms with van der Waals surface area (Å²) >= 11 is 1.85. The number of hydrogen-bond acceptors (Lipinski definition) is 3. The molecule has 7 aromatic rings. The molecule has 276 valence electrons. The van der Waals surface area contributed by atoms with Gasteiger partial charge in [0.2, 0.25) is 0 Å². The molecule has 1 unspecified atom stereocenters. The summed E-state index contributed by atoms with van der Waals surface area (Å²) in [7, 11) is 0. The van der Waals surface area contributed by atoms with Crippen molar-refractivity contribution in [3.05, 3.63) is 186 Å². The SMILES string of the molecule is C(=Cc1ccc2c(ccc3cc(N4c5ccccc5Sc5ccccc54)ccc32)c1)C1=CC=C2c3ccc(N4CCCc5ccccc54)cc3C3(CCCC3)C2C1. The molecule has 3 heteroatoms. The molecule has 1 atom stereocenters. The van der Waals surface area contributed by atoms with Crippen LogP contribution in [-0.2, 0) is 11.8 Å². The summed E-state index contributed by atoms with van der Waals surface area (Å²) in [4.78, 5) is 7.58. The fourth-order valence-electron chi connectivity index (χ4n) is 11.1. The summed E-state index contributed by atoms with van der Waals surface area (Å²) in [5.41, 5.74) is 15.6. The van der Waals surface area contributed by atoms with Crippen molar-refractivity contribution in [2.75, 3.05) is 16.3 Å². The molecular formula is C54H44N2S. The van der Waals surface area contributed by atoms with Crippen molar-refractivity contribution in [2.24, 2.45) is 5.92 Å². The molecule has 1 spiro atoms. The van der Waals surface area contributed by atoms with E-state index in [0.717, 1.165) is 13.0 Å². The fraction of sp³-hybridized carbons (Fsp3) is 0.185. The number of aryl methyl sites for hydroxylation is 1. The Kier molecular flexibility index (Phi) is 7.70. The molecule has 2 nitrogen and oxygen atoms in total. The molecular weight excluding hydrogens is 709 g/mol. The zero-order valence-electron chi connectivity index (χ0n) is 32.1. The van der Waals surface area contributed by atoms with E-state index < -0.39 is 0 Å². The van der Waals surface area contributed by atoms with Crippen LogP contribution >= 0.6 is 11.8 Å². The van der Waals surface area contributed by atoms with Crippen LogP contribution in [0.2, 0.25) is 0 Å². The highest BCUT2D eigenvalue weighted by Crippen LogP contribution is 2.61. The maximum atomic E-state index is 2.60. The van der Waals surface area contributed by atoms with Gasteiger partial charge in [-0.05, 0) is 154 Å². The van der Waals surface area contributed by atoms with E-state index >= 15 is 0 Å². The van der Waals surface area contributed by atoms with Crippen molar-refractivity contribution < 1.29 is 0 Å². The molecule has 2 heterocycles. The third-order valence-electron chi connectivity index (χ3n) is 13.8. The van der Waals surface area contributed by atoms with Crippen LogP contribution in [0.15, 0.2) is 173 Å². The van der Waals surface area contributed by atoms with E-state index in [1.807, 2.05) is 11.8 Å². The maximum absolute atomic E-state index is 2.60. The minimum atomic E-state index is 0.253. The van der Waals surface area contributed by atoms with Crippen LogP contribution < -0.4 is 9.80 Å². The largest absolute Gasteiger partial charge is 0.341 e. The maximum Gasteiger partial charge on any atom is 0.0601 e. The van der Waals surface area contributed by atoms with Crippen molar-refractivity contribution in [1.29, 1.82) is 0 Å². The van der Waals surface area contributed by atoms with Crippen molar-refractivity contribution in [3.63, 3.8) is 0 Å². The predicted octanol–water partition coefficient (Wildman–Crippen LogP) is 14.9. The van der Waals surface area contributed by atoms with Gasteiger partial charge in [0.1, 0.15) is 0 Å². The minimum absolute atomic E-state index is 0.253. The average Bonchev–Trinajstić information content (AvgIpc) is 3.87. The number of nitrogens with zero attached hydrogens (tertiary/aromatic N) is 2. The van der Waals surface area contributed by atoms with Gasteiger partial charge in [-0.3, -0.25) is 0 Å². The lowest BCUT2D eigenvalue weighted by molar-refractivity contribution is 0.348. The Balaban J connectivity index is 0.831. The van der Waals surface area contributed by atoms with Gasteiger partial charge in [0.15, 0.2) is 0 Å². The van der Waals surface area contributed by atoms with Gasteiger partial charge in [-0.1, -0.05) is 128 Å². The molecule has 0 N–H and O–H groups in total. The van der Waals surface area contributed by atoms with E-state index in [-0.39, 0.29) is 5.41 Å². The van der Waals surface area contributed by atoms with E-state index in [9.17, 15) is 0 Å². The highest BCUT2D eigenvalue weighted by molar-refractivity contribution is 7.99. The fourth-order valence-corrected chi connectivity index (χ4v) is 12.2. The number of benzene rings is 7. The van der Waals surface area contributed by atoms with Gasteiger partial charge in [0.05, 0.1) is 11.4 Å². The topological polar surface area (TPSA) is 6.48 Å². The zero-order valence-corrected chi connectivity index (χ0v) is 32.9. The van der Waals surface area contributed by atoms with Gasteiger partial charge < -0.3 is 9.80 Å². The van der Waals surface area contributed by atoms with E-state index in [4.69, 9.17) is 0 Å². The molecule has 0 radical (unpaired) electrons. The summed E-state index contributed by atoms with van der Waals surface area (Å²) in [6, 6.07) is 52.6. The molecule has 3 aliphatic carbocycles. The summed E-state index contributed by atoms with van der Waals surface area (Å²) in [5, 5.41) is 5.14. The van der Waals surface area contributed by atoms with Gasteiger partial charge in [0.25, 0.3) is 0 Å². The molecule has 12 rings (SSSR count). The average molecular weight is 753 g/mol. The van der Waals surface area contributed by atoms with E-state index in [1.54, 1.807) is 11.1 Å². The molecule has 1 fully saturated rings. The number of fused-ring (bicyclic) bond motifs is 11. The number of allylic oxidation sites excluding steroid dienone is 5. The minimum Gasteiger partial charge on any atom is -0.341 e. The van der Waals surface area contributed by atoms with Crippen LogP contribution in [-0.4, -0.2) is 6.54 Å². The van der Waals surface area contributed by atoms with Crippen molar-refractivity contribution >= 4 is 73.4 Å². The Morgan fingerprint density at radius 2 is 1.30 bits per heavy atom. The second-order valence-electron chi connectivity index (χ2n) is 16.8. The first-order valence-corrected chi connectivity index (χ1v) is 21.7. The van der Waals surface area contributed by atoms with E-state index in [1.165, 1.54) is 121 Å². The summed E-state index contributed by atoms with van der Waals surface area (Å²) in [5.74, 6) is 0.557. The summed E-state index contributed by atoms with van der Waals surface area (Å²) in [6.45, 7) is 1.10. The lowest BCUT2D eigenvalue weighted by Crippen LogP contribution is -2.29. The van der Waals surface area contributed by atoms with Gasteiger partial charge in [0, 0.05) is 38.8 Å². The van der Waals surface area contributed by atoms with Crippen LogP contribution in [0.5, 0.6) is 0 Å². The zero-order chi connectivity index (χ0) is 37.5. The predicted molar refractivity (Wildman–Crippen MR) is 242 cm³/mol. The molecule has 1 saturated carbocycles. The Hall–Kier alpha value is -5.77. The highest BCUT2D eigenvalue weighted by Gasteiger charge is 2.51. The molecule has 7 aromatic carbocycles. The third kappa shape index (κ3) is 5.32. The number of para-hydroxylation sites is 3. The Morgan fingerprint density at radius 1 is 0.596 bits per heavy atom. The monoisotopic (exact) mass is 752 g/mol. The lowest BCUT2D eigenvalue weighted by atomic mass is 9.69. The van der Waals surface area contributed by atoms with Gasteiger partial charge in [-0.2, -0.15) is 0 Å². The van der Waals surface area contributed by atoms with Gasteiger partial charge in [-0.25, -0.2) is 0 Å². The lowest BCUT2D eigenvalue weighted by Gasteiger charge is -2.35. The molecule has 57 heavy (non-hydrogen) atoms. The first-order valence-electron chi connectivity index (χ1n) is 20.9. The number of hydrogen-bond donors (Lipinski definition) is 0. The summed E-state index contributed by atoms with van der Waals surface area (Å²) in [6.07, 6.45) is 18.4. The van der Waals surface area contributed by atoms with Crippen LogP contribution in [0.3, 0.4) is 0 Å². The second kappa shape index (κ2) is 13.1. The van der Waals surface area contributed by atoms with Gasteiger partial charge >= 0.3 is 0 Å². The van der Waals surface area contributed by atoms with Crippen LogP contribution in [0.1, 0.15) is 60.8 Å². The Bertz CT molecular complexity index is 2830. The molecule has 0 saturated heterocycles. The Labute approximate surface area is 339 Å². The van der Waals surface area contributed by atoms with E-state index in [0.29, 0.717) is 5.92 Å². The smallest absolute Gasteiger partial charge is 0.0601 e. The standard InChI is InChI=1S/C54H44N2S/c1-2-12-49-38(10-1)11-9-31-55(49)41-23-28-46-45-26-20-37(33-47(45)54(48(46)35-41)29-7-8-30-54)18-17-36-19-25-43-39(32-36)21-22-40-34-42(24-27-44(40)43)56-50-13-3-5-15-52(50)57-53-16-6-4-14-51(53)56/h1-6,10,12-28,32,34-35,47H,7-9,11,29-31,33H2. The Morgan fingerprint density at radius 3 is 2.11 bits per heavy atom. The molecule has 0 amide bonds. The number of rotatable bonds is 4. The third-order valence-corrected chi connectivity index (χ3v) is 14.9. The van der Waals surface area contributed by atoms with Crippen molar-refractivity contribution in [1.82, 2.24) is 0 Å². The normalized spacial score (nSPS) is 19.0. The van der Waals surface area contributed by atoms with Crippen molar-refractivity contribution in [2.45, 2.75) is 60.2 Å². The van der Waals surface area contributed by atoms with Crippen LogP contribution in [0.4, 0.5) is 28.4 Å². The molecule has 0 bridgehead atoms.